The average Bonchev–Trinajstić information content (AvgIpc) is 2.39. The average molecular weight is 275 g/mol. The molecule has 0 fully saturated rings. The first-order valence-corrected chi connectivity index (χ1v) is 6.67. The molecule has 1 amide bonds. The Balaban J connectivity index is 2.79. The molecule has 0 aliphatic rings. The van der Waals surface area contributed by atoms with Crippen LogP contribution in [-0.2, 0) is 4.74 Å². The highest BCUT2D eigenvalue weighted by Gasteiger charge is 2.07. The number of ether oxygens (including phenoxy) is 1. The first kappa shape index (κ1) is 16.1. The summed E-state index contributed by atoms with van der Waals surface area (Å²) in [5.74, 6) is 6.09. The van der Waals surface area contributed by atoms with Crippen LogP contribution in [-0.4, -0.2) is 24.4 Å². The number of aryl methyl sites for hydroxylation is 1. The van der Waals surface area contributed by atoms with Gasteiger partial charge in [0.2, 0.25) is 0 Å². The van der Waals surface area contributed by atoms with E-state index < -0.39 is 6.09 Å². The zero-order valence-corrected chi connectivity index (χ0v) is 12.2. The van der Waals surface area contributed by atoms with Crippen molar-refractivity contribution >= 4 is 11.8 Å². The molecule has 4 heteroatoms. The van der Waals surface area contributed by atoms with Crippen molar-refractivity contribution in [2.45, 2.75) is 27.2 Å². The minimum atomic E-state index is -0.479. The molecule has 0 aliphatic carbocycles. The molecule has 0 spiro atoms. The van der Waals surface area contributed by atoms with Gasteiger partial charge in [0.1, 0.15) is 0 Å². The third-order valence-electron chi connectivity index (χ3n) is 2.42. The van der Waals surface area contributed by atoms with E-state index in [4.69, 9.17) is 9.84 Å². The molecule has 0 atom stereocenters. The topological polar surface area (TPSA) is 58.6 Å². The Morgan fingerprint density at radius 3 is 2.85 bits per heavy atom. The number of benzene rings is 1. The van der Waals surface area contributed by atoms with Crippen molar-refractivity contribution in [3.05, 3.63) is 29.3 Å². The van der Waals surface area contributed by atoms with E-state index in [0.717, 1.165) is 11.1 Å². The molecule has 20 heavy (non-hydrogen) atoms. The lowest BCUT2D eigenvalue weighted by Crippen LogP contribution is -2.17. The lowest BCUT2D eigenvalue weighted by atomic mass is 10.1. The lowest BCUT2D eigenvalue weighted by molar-refractivity contribution is 0.147. The molecular formula is C16H21NO3. The number of rotatable bonds is 4. The van der Waals surface area contributed by atoms with Crippen molar-refractivity contribution in [1.82, 2.24) is 0 Å². The lowest BCUT2D eigenvalue weighted by Gasteiger charge is -2.10. The second kappa shape index (κ2) is 8.23. The fourth-order valence-corrected chi connectivity index (χ4v) is 1.47. The van der Waals surface area contributed by atoms with Gasteiger partial charge in [-0.05, 0) is 30.5 Å². The van der Waals surface area contributed by atoms with E-state index in [2.05, 4.69) is 17.2 Å². The van der Waals surface area contributed by atoms with Crippen molar-refractivity contribution in [3.63, 3.8) is 0 Å². The van der Waals surface area contributed by atoms with E-state index in [1.807, 2.05) is 32.9 Å². The molecule has 0 radical (unpaired) electrons. The van der Waals surface area contributed by atoms with Crippen LogP contribution in [0.25, 0.3) is 0 Å². The maximum Gasteiger partial charge on any atom is 0.411 e. The SMILES string of the molecule is Cc1ccc(NC(=O)OCC(C)C)c(C#CCCO)c1. The van der Waals surface area contributed by atoms with Crippen LogP contribution in [0.1, 0.15) is 31.4 Å². The molecule has 0 saturated carbocycles. The van der Waals surface area contributed by atoms with Gasteiger partial charge in [0, 0.05) is 12.0 Å². The third-order valence-corrected chi connectivity index (χ3v) is 2.42. The summed E-state index contributed by atoms with van der Waals surface area (Å²) in [6.45, 7) is 6.31. The van der Waals surface area contributed by atoms with E-state index in [0.29, 0.717) is 24.6 Å². The van der Waals surface area contributed by atoms with Crippen molar-refractivity contribution in [2.24, 2.45) is 5.92 Å². The molecule has 0 aliphatic heterocycles. The molecule has 0 aromatic heterocycles. The van der Waals surface area contributed by atoms with E-state index in [1.165, 1.54) is 0 Å². The largest absolute Gasteiger partial charge is 0.449 e. The van der Waals surface area contributed by atoms with Crippen LogP contribution < -0.4 is 5.32 Å². The van der Waals surface area contributed by atoms with E-state index in [-0.39, 0.29) is 6.61 Å². The maximum absolute atomic E-state index is 11.7. The number of amides is 1. The molecular weight excluding hydrogens is 254 g/mol. The smallest absolute Gasteiger partial charge is 0.411 e. The first-order chi connectivity index (χ1) is 9.52. The monoisotopic (exact) mass is 275 g/mol. The molecule has 1 aromatic rings. The summed E-state index contributed by atoms with van der Waals surface area (Å²) < 4.78 is 5.08. The van der Waals surface area contributed by atoms with Gasteiger partial charge in [-0.1, -0.05) is 31.8 Å². The van der Waals surface area contributed by atoms with Gasteiger partial charge in [0.25, 0.3) is 0 Å². The molecule has 4 nitrogen and oxygen atoms in total. The number of hydrogen-bond acceptors (Lipinski definition) is 3. The summed E-state index contributed by atoms with van der Waals surface area (Å²) >= 11 is 0. The standard InChI is InChI=1S/C16H21NO3/c1-12(2)11-20-16(19)17-15-8-7-13(3)10-14(15)6-4-5-9-18/h7-8,10,12,18H,5,9,11H2,1-3H3,(H,17,19). The predicted octanol–water partition coefficient (Wildman–Crippen LogP) is 2.93. The molecule has 0 heterocycles. The van der Waals surface area contributed by atoms with Gasteiger partial charge in [0.05, 0.1) is 18.9 Å². The van der Waals surface area contributed by atoms with Crippen LogP contribution in [0.4, 0.5) is 10.5 Å². The zero-order chi connectivity index (χ0) is 15.0. The Morgan fingerprint density at radius 2 is 2.20 bits per heavy atom. The predicted molar refractivity (Wildman–Crippen MR) is 79.6 cm³/mol. The van der Waals surface area contributed by atoms with Gasteiger partial charge in [-0.25, -0.2) is 4.79 Å². The maximum atomic E-state index is 11.7. The summed E-state index contributed by atoms with van der Waals surface area (Å²) in [7, 11) is 0. The van der Waals surface area contributed by atoms with Gasteiger partial charge >= 0.3 is 6.09 Å². The van der Waals surface area contributed by atoms with E-state index in [9.17, 15) is 4.79 Å². The van der Waals surface area contributed by atoms with E-state index in [1.54, 1.807) is 6.07 Å². The summed E-state index contributed by atoms with van der Waals surface area (Å²) in [6, 6.07) is 5.59. The third kappa shape index (κ3) is 5.77. The Hall–Kier alpha value is -1.99. The fourth-order valence-electron chi connectivity index (χ4n) is 1.47. The highest BCUT2D eigenvalue weighted by atomic mass is 16.5. The van der Waals surface area contributed by atoms with Crippen molar-refractivity contribution < 1.29 is 14.6 Å². The molecule has 0 bridgehead atoms. The number of aliphatic hydroxyl groups is 1. The Kier molecular flexibility index (Phi) is 6.61. The summed E-state index contributed by atoms with van der Waals surface area (Å²) in [4.78, 5) is 11.7. The zero-order valence-electron chi connectivity index (χ0n) is 12.2. The van der Waals surface area contributed by atoms with Crippen LogP contribution in [0.5, 0.6) is 0 Å². The van der Waals surface area contributed by atoms with Crippen LogP contribution in [0.2, 0.25) is 0 Å². The fraction of sp³-hybridized carbons (Fsp3) is 0.438. The number of nitrogens with one attached hydrogen (secondary N) is 1. The normalized spacial score (nSPS) is 9.85. The summed E-state index contributed by atoms with van der Waals surface area (Å²) in [6.07, 6.45) is -0.0710. The highest BCUT2D eigenvalue weighted by Crippen LogP contribution is 2.16. The number of anilines is 1. The molecule has 0 unspecified atom stereocenters. The highest BCUT2D eigenvalue weighted by molar-refractivity contribution is 5.86. The van der Waals surface area contributed by atoms with Crippen molar-refractivity contribution in [2.75, 3.05) is 18.5 Å². The Morgan fingerprint density at radius 1 is 1.45 bits per heavy atom. The first-order valence-electron chi connectivity index (χ1n) is 6.67. The number of aliphatic hydroxyl groups excluding tert-OH is 1. The van der Waals surface area contributed by atoms with Crippen LogP contribution in [0.3, 0.4) is 0 Å². The number of carbonyl (C=O) groups is 1. The molecule has 1 rings (SSSR count). The van der Waals surface area contributed by atoms with Crippen molar-refractivity contribution in [1.29, 1.82) is 0 Å². The Bertz CT molecular complexity index is 512. The number of hydrogen-bond donors (Lipinski definition) is 2. The van der Waals surface area contributed by atoms with Gasteiger partial charge < -0.3 is 9.84 Å². The van der Waals surface area contributed by atoms with Crippen LogP contribution >= 0.6 is 0 Å². The molecule has 2 N–H and O–H groups in total. The van der Waals surface area contributed by atoms with Crippen molar-refractivity contribution in [3.8, 4) is 11.8 Å². The second-order valence-corrected chi connectivity index (χ2v) is 4.94. The summed E-state index contributed by atoms with van der Waals surface area (Å²) in [5.41, 5.74) is 2.40. The molecule has 1 aromatic carbocycles. The minimum absolute atomic E-state index is 0.0258. The minimum Gasteiger partial charge on any atom is -0.449 e. The van der Waals surface area contributed by atoms with Crippen LogP contribution in [0.15, 0.2) is 18.2 Å². The van der Waals surface area contributed by atoms with Gasteiger partial charge in [-0.15, -0.1) is 0 Å². The van der Waals surface area contributed by atoms with Gasteiger partial charge in [-0.3, -0.25) is 5.32 Å². The van der Waals surface area contributed by atoms with Gasteiger partial charge in [0.15, 0.2) is 0 Å². The van der Waals surface area contributed by atoms with E-state index >= 15 is 0 Å². The Labute approximate surface area is 120 Å². The number of carbonyl (C=O) groups excluding carboxylic acids is 1. The summed E-state index contributed by atoms with van der Waals surface area (Å²) in [5, 5.41) is 11.4. The quantitative estimate of drug-likeness (QED) is 0.831. The second-order valence-electron chi connectivity index (χ2n) is 4.94. The molecule has 108 valence electrons. The molecule has 0 saturated heterocycles. The van der Waals surface area contributed by atoms with Crippen LogP contribution in [0, 0.1) is 24.7 Å². The van der Waals surface area contributed by atoms with Gasteiger partial charge in [-0.2, -0.15) is 0 Å².